The van der Waals surface area contributed by atoms with Crippen molar-refractivity contribution in [3.05, 3.63) is 41.0 Å². The van der Waals surface area contributed by atoms with Crippen molar-refractivity contribution >= 4 is 18.0 Å². The Morgan fingerprint density at radius 1 is 1.35 bits per heavy atom. The summed E-state index contributed by atoms with van der Waals surface area (Å²) in [6.07, 6.45) is 4.61. The molecule has 4 nitrogen and oxygen atoms in total. The molecule has 4 heteroatoms. The molecule has 0 aliphatic rings. The maximum Gasteiger partial charge on any atom is 0.328 e. The molecule has 1 N–H and O–H groups in total. The number of carboxylic acid groups (broad SMARTS) is 1. The van der Waals surface area contributed by atoms with E-state index in [0.717, 1.165) is 36.6 Å². The number of hydrogen-bond donors (Lipinski definition) is 1. The molecule has 0 saturated heterocycles. The summed E-state index contributed by atoms with van der Waals surface area (Å²) in [4.78, 5) is 24.6. The molecule has 0 fully saturated rings. The molecule has 1 aromatic carbocycles. The summed E-state index contributed by atoms with van der Waals surface area (Å²) < 4.78 is 0. The lowest BCUT2D eigenvalue weighted by atomic mass is 10.0. The average molecular weight is 275 g/mol. The summed E-state index contributed by atoms with van der Waals surface area (Å²) in [5.74, 6) is -1.03. The minimum Gasteiger partial charge on any atom is -0.478 e. The molecule has 1 rings (SSSR count). The van der Waals surface area contributed by atoms with Gasteiger partial charge in [-0.2, -0.15) is 0 Å². The molecule has 0 spiro atoms. The van der Waals surface area contributed by atoms with E-state index in [9.17, 15) is 9.59 Å². The van der Waals surface area contributed by atoms with Gasteiger partial charge in [-0.1, -0.05) is 25.5 Å². The number of carbonyl (C=O) groups is 2. The molecule has 1 aromatic rings. The van der Waals surface area contributed by atoms with Crippen molar-refractivity contribution in [1.29, 1.82) is 0 Å². The highest BCUT2D eigenvalue weighted by Crippen LogP contribution is 2.17. The molecule has 0 aliphatic heterocycles. The zero-order valence-electron chi connectivity index (χ0n) is 12.2. The van der Waals surface area contributed by atoms with E-state index in [1.54, 1.807) is 30.1 Å². The van der Waals surface area contributed by atoms with Gasteiger partial charge in [0, 0.05) is 25.2 Å². The Morgan fingerprint density at radius 2 is 2.05 bits per heavy atom. The molecule has 0 unspecified atom stereocenters. The average Bonchev–Trinajstić information content (AvgIpc) is 2.42. The third-order valence-corrected chi connectivity index (χ3v) is 3.21. The first-order valence-electron chi connectivity index (χ1n) is 6.73. The van der Waals surface area contributed by atoms with E-state index in [1.807, 2.05) is 6.92 Å². The first kappa shape index (κ1) is 16.0. The maximum absolute atomic E-state index is 12.3. The zero-order valence-corrected chi connectivity index (χ0v) is 12.2. The molecular formula is C16H21NO3. The highest BCUT2D eigenvalue weighted by Gasteiger charge is 2.14. The highest BCUT2D eigenvalue weighted by molar-refractivity contribution is 5.96. The van der Waals surface area contributed by atoms with Gasteiger partial charge < -0.3 is 10.0 Å². The summed E-state index contributed by atoms with van der Waals surface area (Å²) >= 11 is 0. The SMILES string of the molecule is CCCCN(C)C(=O)c1cccc(C=CC(=O)O)c1C. The normalized spacial score (nSPS) is 10.8. The van der Waals surface area contributed by atoms with Crippen LogP contribution in [-0.2, 0) is 4.79 Å². The van der Waals surface area contributed by atoms with Crippen molar-refractivity contribution in [3.63, 3.8) is 0 Å². The van der Waals surface area contributed by atoms with Crippen LogP contribution in [0, 0.1) is 6.92 Å². The van der Waals surface area contributed by atoms with Gasteiger partial charge in [0.2, 0.25) is 0 Å². The Hall–Kier alpha value is -2.10. The van der Waals surface area contributed by atoms with Gasteiger partial charge in [0.15, 0.2) is 0 Å². The van der Waals surface area contributed by atoms with Crippen LogP contribution in [0.5, 0.6) is 0 Å². The van der Waals surface area contributed by atoms with Crippen molar-refractivity contribution in [2.45, 2.75) is 26.7 Å². The van der Waals surface area contributed by atoms with Crippen LogP contribution in [0.15, 0.2) is 24.3 Å². The van der Waals surface area contributed by atoms with Crippen LogP contribution in [0.25, 0.3) is 6.08 Å². The van der Waals surface area contributed by atoms with Crippen LogP contribution >= 0.6 is 0 Å². The third kappa shape index (κ3) is 4.23. The van der Waals surface area contributed by atoms with Crippen molar-refractivity contribution < 1.29 is 14.7 Å². The molecule has 0 heterocycles. The quantitative estimate of drug-likeness (QED) is 0.812. The lowest BCUT2D eigenvalue weighted by Gasteiger charge is -2.18. The van der Waals surface area contributed by atoms with Gasteiger partial charge in [-0.25, -0.2) is 4.79 Å². The fourth-order valence-electron chi connectivity index (χ4n) is 1.93. The van der Waals surface area contributed by atoms with E-state index in [1.165, 1.54) is 6.08 Å². The molecule has 108 valence electrons. The number of aliphatic carboxylic acids is 1. The molecule has 0 bridgehead atoms. The number of nitrogens with zero attached hydrogens (tertiary/aromatic N) is 1. The zero-order chi connectivity index (χ0) is 15.1. The van der Waals surface area contributed by atoms with Gasteiger partial charge in [0.1, 0.15) is 0 Å². The van der Waals surface area contributed by atoms with Gasteiger partial charge in [0.25, 0.3) is 5.91 Å². The van der Waals surface area contributed by atoms with Gasteiger partial charge in [-0.3, -0.25) is 4.79 Å². The number of amides is 1. The van der Waals surface area contributed by atoms with Crippen molar-refractivity contribution in [2.75, 3.05) is 13.6 Å². The Morgan fingerprint density at radius 3 is 2.65 bits per heavy atom. The summed E-state index contributed by atoms with van der Waals surface area (Å²) in [5.41, 5.74) is 2.18. The van der Waals surface area contributed by atoms with Gasteiger partial charge in [0.05, 0.1) is 0 Å². The van der Waals surface area contributed by atoms with E-state index in [4.69, 9.17) is 5.11 Å². The number of carbonyl (C=O) groups excluding carboxylic acids is 1. The van der Waals surface area contributed by atoms with Crippen molar-refractivity contribution in [3.8, 4) is 0 Å². The largest absolute Gasteiger partial charge is 0.478 e. The number of benzene rings is 1. The second kappa shape index (κ2) is 7.48. The van der Waals surface area contributed by atoms with Gasteiger partial charge >= 0.3 is 5.97 Å². The number of unbranched alkanes of at least 4 members (excludes halogenated alkanes) is 1. The van der Waals surface area contributed by atoms with Crippen LogP contribution in [-0.4, -0.2) is 35.5 Å². The molecule has 0 aromatic heterocycles. The topological polar surface area (TPSA) is 57.6 Å². The van der Waals surface area contributed by atoms with E-state index < -0.39 is 5.97 Å². The molecule has 1 amide bonds. The second-order valence-corrected chi connectivity index (χ2v) is 4.77. The Labute approximate surface area is 119 Å². The Balaban J connectivity index is 2.99. The van der Waals surface area contributed by atoms with E-state index >= 15 is 0 Å². The first-order valence-corrected chi connectivity index (χ1v) is 6.73. The maximum atomic E-state index is 12.3. The molecule has 0 aliphatic carbocycles. The minimum atomic E-state index is -0.999. The summed E-state index contributed by atoms with van der Waals surface area (Å²) in [5, 5.41) is 8.67. The van der Waals surface area contributed by atoms with E-state index in [-0.39, 0.29) is 5.91 Å². The first-order chi connectivity index (χ1) is 9.47. The number of rotatable bonds is 6. The standard InChI is InChI=1S/C16H21NO3/c1-4-5-11-17(3)16(20)14-8-6-7-13(12(14)2)9-10-15(18)19/h6-10H,4-5,11H2,1-3H3,(H,18,19). The Bertz CT molecular complexity index is 520. The highest BCUT2D eigenvalue weighted by atomic mass is 16.4. The molecule has 0 saturated carbocycles. The van der Waals surface area contributed by atoms with Crippen LogP contribution in [0.4, 0.5) is 0 Å². The van der Waals surface area contributed by atoms with Crippen LogP contribution in [0.1, 0.15) is 41.3 Å². The summed E-state index contributed by atoms with van der Waals surface area (Å²) in [7, 11) is 1.79. The van der Waals surface area contributed by atoms with Gasteiger partial charge in [-0.15, -0.1) is 0 Å². The second-order valence-electron chi connectivity index (χ2n) is 4.77. The van der Waals surface area contributed by atoms with Crippen LogP contribution in [0.2, 0.25) is 0 Å². The third-order valence-electron chi connectivity index (χ3n) is 3.21. The lowest BCUT2D eigenvalue weighted by molar-refractivity contribution is -0.131. The smallest absolute Gasteiger partial charge is 0.328 e. The van der Waals surface area contributed by atoms with Crippen molar-refractivity contribution in [2.24, 2.45) is 0 Å². The number of hydrogen-bond acceptors (Lipinski definition) is 2. The van der Waals surface area contributed by atoms with E-state index in [2.05, 4.69) is 6.92 Å². The van der Waals surface area contributed by atoms with Crippen molar-refractivity contribution in [1.82, 2.24) is 4.90 Å². The van der Waals surface area contributed by atoms with Gasteiger partial charge in [-0.05, 0) is 36.6 Å². The summed E-state index contributed by atoms with van der Waals surface area (Å²) in [6.45, 7) is 4.65. The monoisotopic (exact) mass is 275 g/mol. The predicted octanol–water partition coefficient (Wildman–Crippen LogP) is 2.96. The summed E-state index contributed by atoms with van der Waals surface area (Å²) in [6, 6.07) is 5.35. The fraction of sp³-hybridized carbons (Fsp3) is 0.375. The predicted molar refractivity (Wildman–Crippen MR) is 79.7 cm³/mol. The minimum absolute atomic E-state index is 0.0264. The Kier molecular flexibility index (Phi) is 5.97. The lowest BCUT2D eigenvalue weighted by Crippen LogP contribution is -2.28. The molecule has 0 atom stereocenters. The number of carboxylic acids is 1. The van der Waals surface area contributed by atoms with Crippen LogP contribution in [0.3, 0.4) is 0 Å². The van der Waals surface area contributed by atoms with E-state index in [0.29, 0.717) is 5.56 Å². The molecule has 20 heavy (non-hydrogen) atoms. The van der Waals surface area contributed by atoms with Crippen LogP contribution < -0.4 is 0 Å². The fourth-order valence-corrected chi connectivity index (χ4v) is 1.93. The molecular weight excluding hydrogens is 254 g/mol. The molecule has 0 radical (unpaired) electrons.